The van der Waals surface area contributed by atoms with Crippen molar-refractivity contribution in [1.82, 2.24) is 0 Å². The molecule has 0 aromatic heterocycles. The Labute approximate surface area is 116 Å². The number of rotatable bonds is 6. The van der Waals surface area contributed by atoms with Crippen LogP contribution in [0, 0.1) is 0 Å². The van der Waals surface area contributed by atoms with Crippen LogP contribution in [-0.4, -0.2) is 0 Å². The second kappa shape index (κ2) is 7.04. The molecule has 0 N–H and O–H groups in total. The maximum atomic E-state index is 2.43. The van der Waals surface area contributed by atoms with Crippen molar-refractivity contribution in [1.29, 1.82) is 0 Å². The van der Waals surface area contributed by atoms with Gasteiger partial charge in [0.1, 0.15) is 0 Å². The van der Waals surface area contributed by atoms with E-state index < -0.39 is 0 Å². The fraction of sp³-hybridized carbons (Fsp3) is 0.529. The van der Waals surface area contributed by atoms with Crippen LogP contribution in [0.5, 0.6) is 0 Å². The number of hydrogen-bond acceptors (Lipinski definition) is 1. The van der Waals surface area contributed by atoms with E-state index >= 15 is 0 Å². The molecule has 0 saturated carbocycles. The first kappa shape index (κ1) is 13.7. The minimum atomic E-state index is 0.689. The van der Waals surface area contributed by atoms with Gasteiger partial charge in [0.05, 0.1) is 0 Å². The Balaban J connectivity index is 2.18. The molecular weight excluding hydrogens is 236 g/mol. The van der Waals surface area contributed by atoms with Crippen molar-refractivity contribution < 1.29 is 0 Å². The third kappa shape index (κ3) is 3.20. The number of fused-ring (bicyclic) bond motifs is 1. The van der Waals surface area contributed by atoms with Gasteiger partial charge in [0, 0.05) is 10.8 Å². The van der Waals surface area contributed by atoms with Gasteiger partial charge in [0.25, 0.3) is 0 Å². The first-order valence-corrected chi connectivity index (χ1v) is 8.19. The second-order valence-electron chi connectivity index (χ2n) is 5.15. The van der Waals surface area contributed by atoms with Crippen LogP contribution >= 0.6 is 11.8 Å². The highest BCUT2D eigenvalue weighted by Crippen LogP contribution is 2.43. The van der Waals surface area contributed by atoms with E-state index in [1.807, 2.05) is 11.8 Å². The molecule has 1 aromatic rings. The summed E-state index contributed by atoms with van der Waals surface area (Å²) in [6.45, 7) is 4.57. The molecule has 0 fully saturated rings. The van der Waals surface area contributed by atoms with E-state index in [0.29, 0.717) is 5.92 Å². The average Bonchev–Trinajstić information content (AvgIpc) is 2.43. The zero-order valence-electron chi connectivity index (χ0n) is 11.6. The van der Waals surface area contributed by atoms with E-state index in [2.05, 4.69) is 43.5 Å². The predicted molar refractivity (Wildman–Crippen MR) is 82.2 cm³/mol. The van der Waals surface area contributed by atoms with E-state index in [9.17, 15) is 0 Å². The lowest BCUT2D eigenvalue weighted by Crippen LogP contribution is -2.07. The van der Waals surface area contributed by atoms with E-state index in [4.69, 9.17) is 0 Å². The molecule has 0 aliphatic carbocycles. The Hall–Kier alpha value is -0.690. The summed E-state index contributed by atoms with van der Waals surface area (Å²) in [6.07, 6.45) is 7.87. The summed E-state index contributed by atoms with van der Waals surface area (Å²) in [7, 11) is 0. The van der Waals surface area contributed by atoms with Gasteiger partial charge >= 0.3 is 0 Å². The monoisotopic (exact) mass is 260 g/mol. The molecule has 0 saturated heterocycles. The molecule has 18 heavy (non-hydrogen) atoms. The summed E-state index contributed by atoms with van der Waals surface area (Å²) in [5.41, 5.74) is 3.25. The van der Waals surface area contributed by atoms with Gasteiger partial charge in [-0.3, -0.25) is 0 Å². The van der Waals surface area contributed by atoms with Gasteiger partial charge in [0.2, 0.25) is 0 Å². The standard InChI is InChI=1S/C17H24S/c1-3-5-9-14-13-18-17-12-8-7-11-16(17)15(14)10-6-4-2/h7-8,11-13,15H,3-6,9-10H2,1-2H3. The Morgan fingerprint density at radius 1 is 1.06 bits per heavy atom. The molecule has 0 nitrogen and oxygen atoms in total. The number of allylic oxidation sites excluding steroid dienone is 1. The van der Waals surface area contributed by atoms with Gasteiger partial charge in [-0.05, 0) is 36.3 Å². The lowest BCUT2D eigenvalue weighted by molar-refractivity contribution is 0.604. The van der Waals surface area contributed by atoms with Crippen LogP contribution in [0.25, 0.3) is 0 Å². The van der Waals surface area contributed by atoms with Crippen LogP contribution in [0.1, 0.15) is 63.9 Å². The van der Waals surface area contributed by atoms with Crippen LogP contribution in [0.2, 0.25) is 0 Å². The maximum absolute atomic E-state index is 2.43. The van der Waals surface area contributed by atoms with Crippen molar-refractivity contribution in [2.24, 2.45) is 0 Å². The molecule has 1 aromatic carbocycles. The molecule has 0 radical (unpaired) electrons. The molecule has 0 spiro atoms. The fourth-order valence-corrected chi connectivity index (χ4v) is 3.72. The lowest BCUT2D eigenvalue weighted by Gasteiger charge is -2.27. The molecule has 1 aliphatic rings. The van der Waals surface area contributed by atoms with Gasteiger partial charge in [-0.2, -0.15) is 0 Å². The van der Waals surface area contributed by atoms with Gasteiger partial charge in [-0.25, -0.2) is 0 Å². The smallest absolute Gasteiger partial charge is 0.0154 e. The van der Waals surface area contributed by atoms with Crippen molar-refractivity contribution in [3.05, 3.63) is 40.8 Å². The summed E-state index contributed by atoms with van der Waals surface area (Å²) in [5, 5.41) is 2.43. The normalized spacial score (nSPS) is 18.3. The number of hydrogen-bond donors (Lipinski definition) is 0. The Kier molecular flexibility index (Phi) is 5.37. The lowest BCUT2D eigenvalue weighted by atomic mass is 9.85. The number of thioether (sulfide) groups is 1. The Bertz CT molecular complexity index is 406. The van der Waals surface area contributed by atoms with Crippen LogP contribution in [0.15, 0.2) is 40.1 Å². The molecule has 1 atom stereocenters. The third-order valence-corrected chi connectivity index (χ3v) is 4.79. The molecule has 1 unspecified atom stereocenters. The van der Waals surface area contributed by atoms with Gasteiger partial charge in [-0.15, -0.1) is 0 Å². The quantitative estimate of drug-likeness (QED) is 0.592. The van der Waals surface area contributed by atoms with Crippen LogP contribution < -0.4 is 0 Å². The summed E-state index contributed by atoms with van der Waals surface area (Å²) in [5.74, 6) is 0.689. The largest absolute Gasteiger partial charge is 0.0978 e. The molecule has 98 valence electrons. The van der Waals surface area contributed by atoms with Crippen molar-refractivity contribution in [3.8, 4) is 0 Å². The highest BCUT2D eigenvalue weighted by Gasteiger charge is 2.22. The SMILES string of the molecule is CCCCC1=CSc2ccccc2C1CCCC. The summed E-state index contributed by atoms with van der Waals surface area (Å²) >= 11 is 1.92. The van der Waals surface area contributed by atoms with Crippen molar-refractivity contribution in [2.45, 2.75) is 63.2 Å². The zero-order chi connectivity index (χ0) is 12.8. The Morgan fingerprint density at radius 3 is 2.61 bits per heavy atom. The van der Waals surface area contributed by atoms with Crippen molar-refractivity contribution >= 4 is 11.8 Å². The second-order valence-corrected chi connectivity index (χ2v) is 6.06. The molecule has 1 heteroatoms. The topological polar surface area (TPSA) is 0 Å². The van der Waals surface area contributed by atoms with Gasteiger partial charge in [-0.1, -0.05) is 68.6 Å². The van der Waals surface area contributed by atoms with Crippen molar-refractivity contribution in [2.75, 3.05) is 0 Å². The van der Waals surface area contributed by atoms with E-state index in [0.717, 1.165) is 0 Å². The number of unbranched alkanes of at least 4 members (excludes halogenated alkanes) is 2. The molecule has 0 bridgehead atoms. The summed E-state index contributed by atoms with van der Waals surface area (Å²) in [6, 6.07) is 8.96. The van der Waals surface area contributed by atoms with Crippen LogP contribution in [-0.2, 0) is 0 Å². The fourth-order valence-electron chi connectivity index (χ4n) is 2.66. The molecule has 0 amide bonds. The molecule has 1 aliphatic heterocycles. The molecule has 2 rings (SSSR count). The number of benzene rings is 1. The molecule has 1 heterocycles. The molecular formula is C17H24S. The first-order chi connectivity index (χ1) is 8.86. The average molecular weight is 260 g/mol. The minimum absolute atomic E-state index is 0.689. The Morgan fingerprint density at radius 2 is 1.83 bits per heavy atom. The first-order valence-electron chi connectivity index (χ1n) is 7.31. The third-order valence-electron chi connectivity index (χ3n) is 3.74. The summed E-state index contributed by atoms with van der Waals surface area (Å²) < 4.78 is 0. The zero-order valence-corrected chi connectivity index (χ0v) is 12.4. The van der Waals surface area contributed by atoms with Gasteiger partial charge < -0.3 is 0 Å². The summed E-state index contributed by atoms with van der Waals surface area (Å²) in [4.78, 5) is 1.47. The minimum Gasteiger partial charge on any atom is -0.0978 e. The van der Waals surface area contributed by atoms with E-state index in [1.54, 1.807) is 11.1 Å². The maximum Gasteiger partial charge on any atom is 0.0154 e. The van der Waals surface area contributed by atoms with E-state index in [1.165, 1.54) is 43.4 Å². The van der Waals surface area contributed by atoms with Crippen molar-refractivity contribution in [3.63, 3.8) is 0 Å². The highest BCUT2D eigenvalue weighted by atomic mass is 32.2. The highest BCUT2D eigenvalue weighted by molar-refractivity contribution is 8.02. The van der Waals surface area contributed by atoms with E-state index in [-0.39, 0.29) is 0 Å². The van der Waals surface area contributed by atoms with Gasteiger partial charge in [0.15, 0.2) is 0 Å². The predicted octanol–water partition coefficient (Wildman–Crippen LogP) is 6.14. The van der Waals surface area contributed by atoms with Crippen LogP contribution in [0.3, 0.4) is 0 Å². The van der Waals surface area contributed by atoms with Crippen LogP contribution in [0.4, 0.5) is 0 Å².